The SMILES string of the molecule is BrC(CC1CCC1)c1ccc(-c2ccccc2)cc1. The quantitative estimate of drug-likeness (QED) is 0.609. The van der Waals surface area contributed by atoms with Crippen LogP contribution in [0.25, 0.3) is 11.1 Å². The molecule has 0 N–H and O–H groups in total. The van der Waals surface area contributed by atoms with E-state index in [2.05, 4.69) is 70.5 Å². The van der Waals surface area contributed by atoms with Crippen molar-refractivity contribution in [2.24, 2.45) is 5.92 Å². The molecule has 0 aromatic heterocycles. The van der Waals surface area contributed by atoms with E-state index < -0.39 is 0 Å². The first-order chi connectivity index (χ1) is 9.33. The number of alkyl halides is 1. The van der Waals surface area contributed by atoms with Gasteiger partial charge in [-0.05, 0) is 29.0 Å². The second-order valence-corrected chi connectivity index (χ2v) is 6.59. The van der Waals surface area contributed by atoms with E-state index >= 15 is 0 Å². The minimum Gasteiger partial charge on any atom is -0.0839 e. The molecule has 1 unspecified atom stereocenters. The highest BCUT2D eigenvalue weighted by molar-refractivity contribution is 9.09. The molecule has 0 bridgehead atoms. The number of hydrogen-bond donors (Lipinski definition) is 0. The molecule has 98 valence electrons. The number of hydrogen-bond acceptors (Lipinski definition) is 0. The molecule has 1 fully saturated rings. The smallest absolute Gasteiger partial charge is 0.0398 e. The third kappa shape index (κ3) is 3.09. The molecule has 3 rings (SSSR count). The standard InChI is InChI=1S/C18H19Br/c19-18(13-14-5-4-6-14)17-11-9-16(10-12-17)15-7-2-1-3-8-15/h1-3,7-12,14,18H,4-6,13H2. The van der Waals surface area contributed by atoms with E-state index in [1.807, 2.05) is 0 Å². The van der Waals surface area contributed by atoms with Crippen LogP contribution in [0.5, 0.6) is 0 Å². The maximum atomic E-state index is 3.84. The molecule has 0 spiro atoms. The van der Waals surface area contributed by atoms with Crippen molar-refractivity contribution in [3.8, 4) is 11.1 Å². The van der Waals surface area contributed by atoms with Gasteiger partial charge in [-0.15, -0.1) is 0 Å². The van der Waals surface area contributed by atoms with Crippen molar-refractivity contribution in [2.75, 3.05) is 0 Å². The van der Waals surface area contributed by atoms with Gasteiger partial charge < -0.3 is 0 Å². The fourth-order valence-corrected chi connectivity index (χ4v) is 3.51. The summed E-state index contributed by atoms with van der Waals surface area (Å²) < 4.78 is 0. The molecule has 1 saturated carbocycles. The van der Waals surface area contributed by atoms with Gasteiger partial charge in [-0.3, -0.25) is 0 Å². The molecule has 2 aromatic carbocycles. The van der Waals surface area contributed by atoms with Crippen LogP contribution in [0, 0.1) is 5.92 Å². The van der Waals surface area contributed by atoms with Gasteiger partial charge in [0.25, 0.3) is 0 Å². The first-order valence-corrected chi connectivity index (χ1v) is 8.04. The van der Waals surface area contributed by atoms with E-state index in [-0.39, 0.29) is 0 Å². The number of benzene rings is 2. The lowest BCUT2D eigenvalue weighted by Gasteiger charge is -2.27. The minimum absolute atomic E-state index is 0.516. The summed E-state index contributed by atoms with van der Waals surface area (Å²) in [5, 5.41) is 0. The molecular weight excluding hydrogens is 296 g/mol. The number of halogens is 1. The Bertz CT molecular complexity index is 511. The van der Waals surface area contributed by atoms with Crippen molar-refractivity contribution >= 4 is 15.9 Å². The lowest BCUT2D eigenvalue weighted by molar-refractivity contribution is 0.295. The highest BCUT2D eigenvalue weighted by Crippen LogP contribution is 2.39. The molecule has 19 heavy (non-hydrogen) atoms. The van der Waals surface area contributed by atoms with Crippen LogP contribution in [-0.2, 0) is 0 Å². The normalized spacial score (nSPS) is 16.9. The molecular formula is C18H19Br. The van der Waals surface area contributed by atoms with Gasteiger partial charge >= 0.3 is 0 Å². The summed E-state index contributed by atoms with van der Waals surface area (Å²) in [6, 6.07) is 19.6. The fraction of sp³-hybridized carbons (Fsp3) is 0.333. The Labute approximate surface area is 124 Å². The monoisotopic (exact) mass is 314 g/mol. The third-order valence-electron chi connectivity index (χ3n) is 4.14. The average molecular weight is 315 g/mol. The molecule has 2 aromatic rings. The maximum Gasteiger partial charge on any atom is 0.0398 e. The van der Waals surface area contributed by atoms with Crippen molar-refractivity contribution in [3.63, 3.8) is 0 Å². The van der Waals surface area contributed by atoms with Gasteiger partial charge in [-0.25, -0.2) is 0 Å². The van der Waals surface area contributed by atoms with Gasteiger partial charge in [0.15, 0.2) is 0 Å². The van der Waals surface area contributed by atoms with E-state index in [0.29, 0.717) is 4.83 Å². The molecule has 1 heteroatoms. The first-order valence-electron chi connectivity index (χ1n) is 7.12. The van der Waals surface area contributed by atoms with E-state index in [9.17, 15) is 0 Å². The largest absolute Gasteiger partial charge is 0.0839 e. The van der Waals surface area contributed by atoms with Crippen molar-refractivity contribution < 1.29 is 0 Å². The van der Waals surface area contributed by atoms with Gasteiger partial charge in [0.2, 0.25) is 0 Å². The van der Waals surface area contributed by atoms with E-state index in [1.54, 1.807) is 0 Å². The van der Waals surface area contributed by atoms with Crippen molar-refractivity contribution in [3.05, 3.63) is 60.2 Å². The Kier molecular flexibility index (Phi) is 4.03. The zero-order chi connectivity index (χ0) is 13.1. The average Bonchev–Trinajstić information content (AvgIpc) is 2.44. The molecule has 1 atom stereocenters. The Morgan fingerprint density at radius 2 is 1.53 bits per heavy atom. The van der Waals surface area contributed by atoms with Gasteiger partial charge in [0, 0.05) is 4.83 Å². The Morgan fingerprint density at radius 3 is 2.11 bits per heavy atom. The van der Waals surface area contributed by atoms with Crippen LogP contribution >= 0.6 is 15.9 Å². The summed E-state index contributed by atoms with van der Waals surface area (Å²) in [5.74, 6) is 0.943. The van der Waals surface area contributed by atoms with E-state index in [0.717, 1.165) is 5.92 Å². The second kappa shape index (κ2) is 5.92. The topological polar surface area (TPSA) is 0 Å². The van der Waals surface area contributed by atoms with Gasteiger partial charge in [0.05, 0.1) is 0 Å². The lowest BCUT2D eigenvalue weighted by Crippen LogP contribution is -2.12. The molecule has 1 aliphatic rings. The van der Waals surface area contributed by atoms with E-state index in [4.69, 9.17) is 0 Å². The second-order valence-electron chi connectivity index (χ2n) is 5.49. The van der Waals surface area contributed by atoms with Crippen molar-refractivity contribution in [1.29, 1.82) is 0 Å². The number of rotatable bonds is 4. The third-order valence-corrected chi connectivity index (χ3v) is 5.05. The van der Waals surface area contributed by atoms with Crippen molar-refractivity contribution in [1.82, 2.24) is 0 Å². The Balaban J connectivity index is 1.71. The maximum absolute atomic E-state index is 3.84. The summed E-state index contributed by atoms with van der Waals surface area (Å²) in [4.78, 5) is 0.516. The van der Waals surface area contributed by atoms with Crippen molar-refractivity contribution in [2.45, 2.75) is 30.5 Å². The summed E-state index contributed by atoms with van der Waals surface area (Å²) in [7, 11) is 0. The van der Waals surface area contributed by atoms with Crippen LogP contribution in [-0.4, -0.2) is 0 Å². The van der Waals surface area contributed by atoms with E-state index in [1.165, 1.54) is 42.4 Å². The summed E-state index contributed by atoms with van der Waals surface area (Å²) >= 11 is 3.84. The van der Waals surface area contributed by atoms with Crippen LogP contribution in [0.1, 0.15) is 36.1 Å². The molecule has 0 heterocycles. The zero-order valence-corrected chi connectivity index (χ0v) is 12.6. The molecule has 0 nitrogen and oxygen atoms in total. The van der Waals surface area contributed by atoms with Gasteiger partial charge in [-0.2, -0.15) is 0 Å². The van der Waals surface area contributed by atoms with Crippen LogP contribution in [0.2, 0.25) is 0 Å². The Morgan fingerprint density at radius 1 is 0.895 bits per heavy atom. The minimum atomic E-state index is 0.516. The molecule has 0 saturated heterocycles. The highest BCUT2D eigenvalue weighted by Gasteiger charge is 2.21. The molecule has 0 radical (unpaired) electrons. The van der Waals surface area contributed by atoms with Crippen LogP contribution in [0.4, 0.5) is 0 Å². The summed E-state index contributed by atoms with van der Waals surface area (Å²) in [6.07, 6.45) is 5.55. The Hall–Kier alpha value is -1.08. The highest BCUT2D eigenvalue weighted by atomic mass is 79.9. The fourth-order valence-electron chi connectivity index (χ4n) is 2.67. The first kappa shape index (κ1) is 12.9. The predicted molar refractivity (Wildman–Crippen MR) is 85.5 cm³/mol. The van der Waals surface area contributed by atoms with Gasteiger partial charge in [0.1, 0.15) is 0 Å². The summed E-state index contributed by atoms with van der Waals surface area (Å²) in [5.41, 5.74) is 4.00. The molecule has 0 amide bonds. The predicted octanol–water partition coefficient (Wildman–Crippen LogP) is 5.98. The lowest BCUT2D eigenvalue weighted by atomic mass is 9.81. The zero-order valence-electron chi connectivity index (χ0n) is 11.1. The summed E-state index contributed by atoms with van der Waals surface area (Å²) in [6.45, 7) is 0. The van der Waals surface area contributed by atoms with Crippen LogP contribution < -0.4 is 0 Å². The molecule has 0 aliphatic heterocycles. The molecule has 1 aliphatic carbocycles. The van der Waals surface area contributed by atoms with Gasteiger partial charge in [-0.1, -0.05) is 89.8 Å². The van der Waals surface area contributed by atoms with Crippen LogP contribution in [0.15, 0.2) is 54.6 Å². The van der Waals surface area contributed by atoms with Crippen LogP contribution in [0.3, 0.4) is 0 Å².